The fraction of sp³-hybridized carbons (Fsp3) is 0.211. The summed E-state index contributed by atoms with van der Waals surface area (Å²) in [5.74, 6) is 0.984. The zero-order valence-corrected chi connectivity index (χ0v) is 15.3. The lowest BCUT2D eigenvalue weighted by Gasteiger charge is -2.08. The first-order chi connectivity index (χ1) is 11.5. The summed E-state index contributed by atoms with van der Waals surface area (Å²) in [4.78, 5) is 13.1. The van der Waals surface area contributed by atoms with Crippen molar-refractivity contribution in [2.75, 3.05) is 12.4 Å². The molecule has 3 nitrogen and oxygen atoms in total. The number of anilines is 1. The molecule has 1 aromatic heterocycles. The Balaban J connectivity index is 1.87. The molecule has 0 saturated heterocycles. The topological polar surface area (TPSA) is 38.3 Å². The lowest BCUT2D eigenvalue weighted by atomic mass is 10.0. The Morgan fingerprint density at radius 1 is 1.17 bits per heavy atom. The third kappa shape index (κ3) is 3.25. The minimum Gasteiger partial charge on any atom is -0.497 e. The number of amides is 1. The normalized spacial score (nSPS) is 11.0. The zero-order chi connectivity index (χ0) is 17.3. The first-order valence-corrected chi connectivity index (χ1v) is 8.86. The van der Waals surface area contributed by atoms with Gasteiger partial charge < -0.3 is 10.1 Å². The van der Waals surface area contributed by atoms with Crippen LogP contribution in [-0.4, -0.2) is 13.0 Å². The summed E-state index contributed by atoms with van der Waals surface area (Å²) in [5.41, 5.74) is 2.00. The van der Waals surface area contributed by atoms with Crippen molar-refractivity contribution >= 4 is 44.6 Å². The van der Waals surface area contributed by atoms with E-state index in [-0.39, 0.29) is 5.91 Å². The van der Waals surface area contributed by atoms with Crippen molar-refractivity contribution < 1.29 is 9.53 Å². The Kier molecular flexibility index (Phi) is 4.78. The molecular weight excluding hydrogens is 342 g/mol. The van der Waals surface area contributed by atoms with Crippen molar-refractivity contribution in [3.8, 4) is 5.75 Å². The Hall–Kier alpha value is -2.04. The number of thiophene rings is 1. The minimum absolute atomic E-state index is 0.197. The van der Waals surface area contributed by atoms with E-state index in [1.165, 1.54) is 16.9 Å². The Morgan fingerprint density at radius 2 is 1.88 bits per heavy atom. The minimum atomic E-state index is -0.197. The fourth-order valence-corrected chi connectivity index (χ4v) is 3.84. The smallest absolute Gasteiger partial charge is 0.267 e. The van der Waals surface area contributed by atoms with Gasteiger partial charge in [0, 0.05) is 15.8 Å². The van der Waals surface area contributed by atoms with Gasteiger partial charge in [-0.25, -0.2) is 0 Å². The van der Waals surface area contributed by atoms with Gasteiger partial charge in [-0.15, -0.1) is 11.3 Å². The average Bonchev–Trinajstić information content (AvgIpc) is 2.91. The van der Waals surface area contributed by atoms with Crippen LogP contribution in [0, 0.1) is 0 Å². The second-order valence-corrected chi connectivity index (χ2v) is 7.27. The van der Waals surface area contributed by atoms with Crippen molar-refractivity contribution in [3.63, 3.8) is 0 Å². The highest BCUT2D eigenvalue weighted by Crippen LogP contribution is 2.37. The van der Waals surface area contributed by atoms with Gasteiger partial charge >= 0.3 is 0 Å². The monoisotopic (exact) mass is 359 g/mol. The number of ether oxygens (including phenoxy) is 1. The van der Waals surface area contributed by atoms with Gasteiger partial charge in [0.1, 0.15) is 10.6 Å². The molecule has 0 atom stereocenters. The molecule has 0 saturated carbocycles. The standard InChI is InChI=1S/C19H18ClNO2S/c1-11(2)12-4-6-13(7-5-12)21-19(22)18-17(20)15-10-14(23-3)8-9-16(15)24-18/h4-11H,1-3H3,(H,21,22). The zero-order valence-electron chi connectivity index (χ0n) is 13.7. The van der Waals surface area contributed by atoms with Crippen LogP contribution in [0.4, 0.5) is 5.69 Å². The molecule has 0 fully saturated rings. The molecule has 5 heteroatoms. The molecular formula is C19H18ClNO2S. The molecule has 3 rings (SSSR count). The van der Waals surface area contributed by atoms with Crippen LogP contribution in [0.15, 0.2) is 42.5 Å². The highest BCUT2D eigenvalue weighted by atomic mass is 35.5. The van der Waals surface area contributed by atoms with E-state index in [0.717, 1.165) is 21.5 Å². The summed E-state index contributed by atoms with van der Waals surface area (Å²) in [6, 6.07) is 13.5. The number of hydrogen-bond acceptors (Lipinski definition) is 3. The van der Waals surface area contributed by atoms with Gasteiger partial charge in [-0.3, -0.25) is 4.79 Å². The van der Waals surface area contributed by atoms with Crippen molar-refractivity contribution in [3.05, 3.63) is 57.9 Å². The summed E-state index contributed by atoms with van der Waals surface area (Å²) in [6.45, 7) is 4.28. The predicted molar refractivity (Wildman–Crippen MR) is 102 cm³/mol. The Bertz CT molecular complexity index is 884. The average molecular weight is 360 g/mol. The molecule has 2 aromatic carbocycles. The van der Waals surface area contributed by atoms with Crippen LogP contribution < -0.4 is 10.1 Å². The van der Waals surface area contributed by atoms with Gasteiger partial charge in [-0.1, -0.05) is 37.6 Å². The first kappa shape index (κ1) is 16.8. The molecule has 0 aliphatic heterocycles. The first-order valence-electron chi connectivity index (χ1n) is 7.67. The van der Waals surface area contributed by atoms with Gasteiger partial charge in [0.25, 0.3) is 5.91 Å². The number of benzene rings is 2. The highest BCUT2D eigenvalue weighted by molar-refractivity contribution is 7.21. The van der Waals surface area contributed by atoms with E-state index in [0.29, 0.717) is 15.8 Å². The van der Waals surface area contributed by atoms with Gasteiger partial charge in [-0.2, -0.15) is 0 Å². The summed E-state index contributed by atoms with van der Waals surface area (Å²) in [7, 11) is 1.61. The van der Waals surface area contributed by atoms with Gasteiger partial charge in [-0.05, 0) is 41.8 Å². The SMILES string of the molecule is COc1ccc2sc(C(=O)Nc3ccc(C(C)C)cc3)c(Cl)c2c1. The number of halogens is 1. The highest BCUT2D eigenvalue weighted by Gasteiger charge is 2.18. The van der Waals surface area contributed by atoms with Gasteiger partial charge in [0.15, 0.2) is 0 Å². The molecule has 1 heterocycles. The van der Waals surface area contributed by atoms with E-state index < -0.39 is 0 Å². The number of carbonyl (C=O) groups excluding carboxylic acids is 1. The molecule has 0 unspecified atom stereocenters. The van der Waals surface area contributed by atoms with Crippen LogP contribution >= 0.6 is 22.9 Å². The van der Waals surface area contributed by atoms with Crippen molar-refractivity contribution in [2.45, 2.75) is 19.8 Å². The number of fused-ring (bicyclic) bond motifs is 1. The van der Waals surface area contributed by atoms with Crippen LogP contribution in [0.2, 0.25) is 5.02 Å². The van der Waals surface area contributed by atoms with E-state index in [9.17, 15) is 4.79 Å². The summed E-state index contributed by atoms with van der Waals surface area (Å²) in [6.07, 6.45) is 0. The number of nitrogens with one attached hydrogen (secondary N) is 1. The Morgan fingerprint density at radius 3 is 2.50 bits per heavy atom. The van der Waals surface area contributed by atoms with E-state index in [2.05, 4.69) is 19.2 Å². The summed E-state index contributed by atoms with van der Waals surface area (Å²) >= 11 is 7.79. The Labute approximate surface area is 150 Å². The van der Waals surface area contributed by atoms with E-state index >= 15 is 0 Å². The molecule has 24 heavy (non-hydrogen) atoms. The largest absolute Gasteiger partial charge is 0.497 e. The number of rotatable bonds is 4. The third-order valence-corrected chi connectivity index (χ3v) is 5.55. The van der Waals surface area contributed by atoms with Crippen molar-refractivity contribution in [1.29, 1.82) is 0 Å². The maximum absolute atomic E-state index is 12.6. The van der Waals surface area contributed by atoms with E-state index in [4.69, 9.17) is 16.3 Å². The van der Waals surface area contributed by atoms with Crippen LogP contribution in [0.5, 0.6) is 5.75 Å². The van der Waals surface area contributed by atoms with Crippen LogP contribution in [0.25, 0.3) is 10.1 Å². The van der Waals surface area contributed by atoms with E-state index in [1.807, 2.05) is 42.5 Å². The second kappa shape index (κ2) is 6.83. The number of carbonyl (C=O) groups is 1. The van der Waals surface area contributed by atoms with Crippen LogP contribution in [0.1, 0.15) is 35.0 Å². The van der Waals surface area contributed by atoms with Crippen LogP contribution in [-0.2, 0) is 0 Å². The molecule has 124 valence electrons. The van der Waals surface area contributed by atoms with Crippen molar-refractivity contribution in [1.82, 2.24) is 0 Å². The molecule has 0 spiro atoms. The van der Waals surface area contributed by atoms with Crippen molar-refractivity contribution in [2.24, 2.45) is 0 Å². The molecule has 3 aromatic rings. The van der Waals surface area contributed by atoms with E-state index in [1.54, 1.807) is 7.11 Å². The second-order valence-electron chi connectivity index (χ2n) is 5.84. The van der Waals surface area contributed by atoms with Gasteiger partial charge in [0.2, 0.25) is 0 Å². The molecule has 1 N–H and O–H groups in total. The molecule has 0 aliphatic rings. The quantitative estimate of drug-likeness (QED) is 0.626. The number of hydrogen-bond donors (Lipinski definition) is 1. The van der Waals surface area contributed by atoms with Gasteiger partial charge in [0.05, 0.1) is 12.1 Å². The molecule has 1 amide bonds. The predicted octanol–water partition coefficient (Wildman–Crippen LogP) is 5.94. The van der Waals surface area contributed by atoms with Crippen LogP contribution in [0.3, 0.4) is 0 Å². The maximum Gasteiger partial charge on any atom is 0.267 e. The number of methoxy groups -OCH3 is 1. The molecule has 0 bridgehead atoms. The fourth-order valence-electron chi connectivity index (χ4n) is 2.46. The maximum atomic E-state index is 12.6. The summed E-state index contributed by atoms with van der Waals surface area (Å²) in [5, 5.41) is 4.21. The lowest BCUT2D eigenvalue weighted by Crippen LogP contribution is -2.10. The molecule has 0 radical (unpaired) electrons. The third-order valence-electron chi connectivity index (χ3n) is 3.88. The summed E-state index contributed by atoms with van der Waals surface area (Å²) < 4.78 is 6.18. The molecule has 0 aliphatic carbocycles. The lowest BCUT2D eigenvalue weighted by molar-refractivity contribution is 0.103.